The normalized spacial score (nSPS) is 14.2. The summed E-state index contributed by atoms with van der Waals surface area (Å²) in [6.07, 6.45) is 3.54. The van der Waals surface area contributed by atoms with Gasteiger partial charge in [0.15, 0.2) is 5.82 Å². The Labute approximate surface area is 143 Å². The van der Waals surface area contributed by atoms with E-state index in [4.69, 9.17) is 21.6 Å². The second kappa shape index (κ2) is 6.48. The minimum Gasteiger partial charge on any atom is -0.369 e. The SMILES string of the molecule is CCCNc1nc(-c2cccc(Cl)c2)nc(C2CC2)c1I. The fourth-order valence-electron chi connectivity index (χ4n) is 2.21. The van der Waals surface area contributed by atoms with Gasteiger partial charge in [0.2, 0.25) is 0 Å². The van der Waals surface area contributed by atoms with Gasteiger partial charge in [-0.1, -0.05) is 30.7 Å². The highest BCUT2D eigenvalue weighted by atomic mass is 127. The highest BCUT2D eigenvalue weighted by Gasteiger charge is 2.29. The molecule has 3 rings (SSSR count). The summed E-state index contributed by atoms with van der Waals surface area (Å²) in [5.41, 5.74) is 2.15. The molecule has 0 saturated heterocycles. The van der Waals surface area contributed by atoms with E-state index in [9.17, 15) is 0 Å². The third kappa shape index (κ3) is 3.48. The van der Waals surface area contributed by atoms with Crippen molar-refractivity contribution in [3.05, 3.63) is 38.6 Å². The summed E-state index contributed by atoms with van der Waals surface area (Å²) in [5.74, 6) is 2.31. The first-order valence-electron chi connectivity index (χ1n) is 7.26. The van der Waals surface area contributed by atoms with Crippen molar-refractivity contribution in [2.75, 3.05) is 11.9 Å². The summed E-state index contributed by atoms with van der Waals surface area (Å²) in [6.45, 7) is 3.08. The number of benzene rings is 1. The maximum absolute atomic E-state index is 6.09. The lowest BCUT2D eigenvalue weighted by Crippen LogP contribution is -2.08. The van der Waals surface area contributed by atoms with E-state index < -0.39 is 0 Å². The summed E-state index contributed by atoms with van der Waals surface area (Å²) >= 11 is 8.46. The summed E-state index contributed by atoms with van der Waals surface area (Å²) in [6, 6.07) is 7.74. The maximum Gasteiger partial charge on any atom is 0.161 e. The van der Waals surface area contributed by atoms with Crippen LogP contribution >= 0.6 is 34.2 Å². The highest BCUT2D eigenvalue weighted by molar-refractivity contribution is 14.1. The van der Waals surface area contributed by atoms with Crippen molar-refractivity contribution in [2.24, 2.45) is 0 Å². The average molecular weight is 414 g/mol. The minimum absolute atomic E-state index is 0.597. The van der Waals surface area contributed by atoms with Crippen molar-refractivity contribution in [3.8, 4) is 11.4 Å². The van der Waals surface area contributed by atoms with Crippen LogP contribution in [0.4, 0.5) is 5.82 Å². The van der Waals surface area contributed by atoms with E-state index in [1.54, 1.807) is 0 Å². The first-order valence-corrected chi connectivity index (χ1v) is 8.72. The number of hydrogen-bond donors (Lipinski definition) is 1. The molecule has 0 radical (unpaired) electrons. The van der Waals surface area contributed by atoms with Crippen LogP contribution in [0.15, 0.2) is 24.3 Å². The highest BCUT2D eigenvalue weighted by Crippen LogP contribution is 2.43. The molecule has 1 aromatic carbocycles. The molecule has 1 aromatic heterocycles. The second-order valence-corrected chi connectivity index (χ2v) is 6.82. The Kier molecular flexibility index (Phi) is 4.64. The Hall–Kier alpha value is -0.880. The van der Waals surface area contributed by atoms with Gasteiger partial charge in [0.05, 0.1) is 9.26 Å². The first kappa shape index (κ1) is 15.0. The molecule has 0 atom stereocenters. The van der Waals surface area contributed by atoms with Crippen molar-refractivity contribution in [1.29, 1.82) is 0 Å². The molecule has 21 heavy (non-hydrogen) atoms. The molecule has 1 heterocycles. The Balaban J connectivity index is 2.05. The van der Waals surface area contributed by atoms with Crippen LogP contribution < -0.4 is 5.32 Å². The van der Waals surface area contributed by atoms with Crippen LogP contribution in [0.25, 0.3) is 11.4 Å². The standard InChI is InChI=1S/C16H17ClIN3/c1-2-8-19-16-13(18)14(10-6-7-10)20-15(21-16)11-4-3-5-12(17)9-11/h3-5,9-10H,2,6-8H2,1H3,(H,19,20,21). The van der Waals surface area contributed by atoms with E-state index in [1.807, 2.05) is 24.3 Å². The zero-order chi connectivity index (χ0) is 14.8. The van der Waals surface area contributed by atoms with E-state index in [2.05, 4.69) is 34.8 Å². The topological polar surface area (TPSA) is 37.8 Å². The van der Waals surface area contributed by atoms with Crippen LogP contribution in [0, 0.1) is 3.57 Å². The van der Waals surface area contributed by atoms with Crippen LogP contribution in [-0.2, 0) is 0 Å². The van der Waals surface area contributed by atoms with Gasteiger partial charge in [-0.3, -0.25) is 0 Å². The number of anilines is 1. The second-order valence-electron chi connectivity index (χ2n) is 5.31. The lowest BCUT2D eigenvalue weighted by atomic mass is 10.2. The average Bonchev–Trinajstić information content (AvgIpc) is 3.31. The Morgan fingerprint density at radius 1 is 1.33 bits per heavy atom. The van der Waals surface area contributed by atoms with Gasteiger partial charge in [0, 0.05) is 23.0 Å². The maximum atomic E-state index is 6.09. The fraction of sp³-hybridized carbons (Fsp3) is 0.375. The molecule has 3 nitrogen and oxygen atoms in total. The molecule has 0 amide bonds. The van der Waals surface area contributed by atoms with Crippen LogP contribution in [0.2, 0.25) is 5.02 Å². The van der Waals surface area contributed by atoms with E-state index in [0.717, 1.165) is 33.7 Å². The van der Waals surface area contributed by atoms with E-state index in [-0.39, 0.29) is 0 Å². The molecule has 2 aromatic rings. The van der Waals surface area contributed by atoms with Gasteiger partial charge in [-0.15, -0.1) is 0 Å². The van der Waals surface area contributed by atoms with Crippen molar-refractivity contribution in [2.45, 2.75) is 32.1 Å². The molecule has 0 bridgehead atoms. The predicted molar refractivity (Wildman–Crippen MR) is 96.0 cm³/mol. The molecule has 1 saturated carbocycles. The largest absolute Gasteiger partial charge is 0.369 e. The number of nitrogens with one attached hydrogen (secondary N) is 1. The molecule has 0 unspecified atom stereocenters. The van der Waals surface area contributed by atoms with Gasteiger partial charge >= 0.3 is 0 Å². The first-order chi connectivity index (χ1) is 10.2. The molecule has 1 aliphatic rings. The molecule has 1 aliphatic carbocycles. The lowest BCUT2D eigenvalue weighted by Gasteiger charge is -2.12. The predicted octanol–water partition coefficient (Wildman–Crippen LogP) is 5.10. The Morgan fingerprint density at radius 2 is 2.14 bits per heavy atom. The summed E-state index contributed by atoms with van der Waals surface area (Å²) in [4.78, 5) is 9.50. The van der Waals surface area contributed by atoms with Gasteiger partial charge < -0.3 is 5.32 Å². The molecule has 1 fully saturated rings. The number of rotatable bonds is 5. The summed E-state index contributed by atoms with van der Waals surface area (Å²) < 4.78 is 1.16. The monoisotopic (exact) mass is 413 g/mol. The molecule has 0 aliphatic heterocycles. The van der Waals surface area contributed by atoms with Crippen LogP contribution in [0.3, 0.4) is 0 Å². The number of aromatic nitrogens is 2. The molecular formula is C16H17ClIN3. The number of hydrogen-bond acceptors (Lipinski definition) is 3. The number of halogens is 2. The zero-order valence-electron chi connectivity index (χ0n) is 11.9. The zero-order valence-corrected chi connectivity index (χ0v) is 14.8. The molecule has 0 spiro atoms. The third-order valence-corrected chi connectivity index (χ3v) is 4.76. The smallest absolute Gasteiger partial charge is 0.161 e. The van der Waals surface area contributed by atoms with Gasteiger partial charge in [-0.2, -0.15) is 0 Å². The van der Waals surface area contributed by atoms with Crippen molar-refractivity contribution in [3.63, 3.8) is 0 Å². The molecule has 5 heteroatoms. The minimum atomic E-state index is 0.597. The van der Waals surface area contributed by atoms with Crippen molar-refractivity contribution >= 4 is 40.0 Å². The Morgan fingerprint density at radius 3 is 2.81 bits per heavy atom. The van der Waals surface area contributed by atoms with Gasteiger partial charge in [-0.25, -0.2) is 9.97 Å². The fourth-order valence-corrected chi connectivity index (χ4v) is 3.27. The van der Waals surface area contributed by atoms with E-state index in [0.29, 0.717) is 10.9 Å². The molecule has 1 N–H and O–H groups in total. The van der Waals surface area contributed by atoms with Gasteiger partial charge in [0.1, 0.15) is 5.82 Å². The van der Waals surface area contributed by atoms with Crippen molar-refractivity contribution in [1.82, 2.24) is 9.97 Å². The number of nitrogens with zero attached hydrogens (tertiary/aromatic N) is 2. The van der Waals surface area contributed by atoms with Crippen LogP contribution in [0.5, 0.6) is 0 Å². The molecular weight excluding hydrogens is 397 g/mol. The molecule has 110 valence electrons. The van der Waals surface area contributed by atoms with Crippen LogP contribution in [-0.4, -0.2) is 16.5 Å². The van der Waals surface area contributed by atoms with Gasteiger partial charge in [-0.05, 0) is 54.0 Å². The van der Waals surface area contributed by atoms with Crippen molar-refractivity contribution < 1.29 is 0 Å². The lowest BCUT2D eigenvalue weighted by molar-refractivity contribution is 0.939. The van der Waals surface area contributed by atoms with E-state index >= 15 is 0 Å². The summed E-state index contributed by atoms with van der Waals surface area (Å²) in [5, 5.41) is 4.13. The van der Waals surface area contributed by atoms with Gasteiger partial charge in [0.25, 0.3) is 0 Å². The van der Waals surface area contributed by atoms with E-state index in [1.165, 1.54) is 18.5 Å². The quantitative estimate of drug-likeness (QED) is 0.693. The Bertz CT molecular complexity index is 656. The third-order valence-electron chi connectivity index (χ3n) is 3.47. The van der Waals surface area contributed by atoms with Crippen LogP contribution in [0.1, 0.15) is 37.8 Å². The summed E-state index contributed by atoms with van der Waals surface area (Å²) in [7, 11) is 0.